The summed E-state index contributed by atoms with van der Waals surface area (Å²) in [4.78, 5) is 23.1. The second-order valence-electron chi connectivity index (χ2n) is 8.10. The Bertz CT molecular complexity index is 1530. The lowest BCUT2D eigenvalue weighted by atomic mass is 10.1. The van der Waals surface area contributed by atoms with Crippen LogP contribution in [0.3, 0.4) is 0 Å². The molecule has 8 nitrogen and oxygen atoms in total. The lowest BCUT2D eigenvalue weighted by Gasteiger charge is -2.09. The van der Waals surface area contributed by atoms with Gasteiger partial charge in [-0.1, -0.05) is 12.1 Å². The van der Waals surface area contributed by atoms with E-state index in [-0.39, 0.29) is 23.7 Å². The van der Waals surface area contributed by atoms with Gasteiger partial charge >= 0.3 is 0 Å². The molecule has 0 spiro atoms. The van der Waals surface area contributed by atoms with Gasteiger partial charge in [-0.05, 0) is 36.8 Å². The van der Waals surface area contributed by atoms with Gasteiger partial charge in [0.2, 0.25) is 5.82 Å². The fourth-order valence-corrected chi connectivity index (χ4v) is 3.55. The van der Waals surface area contributed by atoms with Crippen molar-refractivity contribution in [3.63, 3.8) is 0 Å². The monoisotopic (exact) mass is 532 g/mol. The summed E-state index contributed by atoms with van der Waals surface area (Å²) in [5, 5.41) is 17.3. The zero-order chi connectivity index (χ0) is 27.6. The molecule has 1 heterocycles. The van der Waals surface area contributed by atoms with Crippen LogP contribution < -0.4 is 10.1 Å². The number of carbonyl (C=O) groups excluding carboxylic acids is 1. The Balaban J connectivity index is 1.42. The second kappa shape index (κ2) is 10.7. The Morgan fingerprint density at radius 2 is 1.68 bits per heavy atom. The van der Waals surface area contributed by atoms with Crippen LogP contribution >= 0.6 is 0 Å². The highest BCUT2D eigenvalue weighted by Crippen LogP contribution is 2.25. The number of halogens is 5. The number of rotatable bonds is 8. The summed E-state index contributed by atoms with van der Waals surface area (Å²) < 4.78 is 74.5. The first-order valence-corrected chi connectivity index (χ1v) is 10.9. The smallest absolute Gasteiger partial charge is 0.272 e. The van der Waals surface area contributed by atoms with Crippen molar-refractivity contribution in [3.05, 3.63) is 116 Å². The van der Waals surface area contributed by atoms with E-state index in [1.807, 2.05) is 0 Å². The van der Waals surface area contributed by atoms with Gasteiger partial charge in [-0.15, -0.1) is 0 Å². The van der Waals surface area contributed by atoms with Crippen LogP contribution in [0.1, 0.15) is 27.0 Å². The highest BCUT2D eigenvalue weighted by atomic mass is 19.2. The van der Waals surface area contributed by atoms with E-state index in [0.717, 1.165) is 4.68 Å². The fraction of sp³-hybridized carbons (Fsp3) is 0.120. The summed E-state index contributed by atoms with van der Waals surface area (Å²) in [6, 6.07) is 12.0. The highest BCUT2D eigenvalue weighted by molar-refractivity contribution is 6.03. The van der Waals surface area contributed by atoms with Crippen molar-refractivity contribution in [1.82, 2.24) is 9.78 Å². The first kappa shape index (κ1) is 26.3. The number of ether oxygens (including phenoxy) is 1. The zero-order valence-corrected chi connectivity index (χ0v) is 19.5. The molecule has 0 bridgehead atoms. The van der Waals surface area contributed by atoms with Crippen molar-refractivity contribution in [2.75, 3.05) is 5.32 Å². The van der Waals surface area contributed by atoms with E-state index in [1.54, 1.807) is 25.1 Å². The summed E-state index contributed by atoms with van der Waals surface area (Å²) >= 11 is 0. The number of benzene rings is 3. The zero-order valence-electron chi connectivity index (χ0n) is 19.5. The van der Waals surface area contributed by atoms with E-state index in [2.05, 4.69) is 10.4 Å². The summed E-state index contributed by atoms with van der Waals surface area (Å²) in [6.07, 6.45) is 1.20. The summed E-state index contributed by atoms with van der Waals surface area (Å²) in [5.74, 6) is -10.5. The Morgan fingerprint density at radius 3 is 2.34 bits per heavy atom. The van der Waals surface area contributed by atoms with Crippen molar-refractivity contribution >= 4 is 17.4 Å². The first-order valence-electron chi connectivity index (χ1n) is 10.9. The number of nitrogens with one attached hydrogen (secondary N) is 1. The van der Waals surface area contributed by atoms with Crippen LogP contribution in [0.2, 0.25) is 0 Å². The maximum atomic E-state index is 13.9. The average molecular weight is 532 g/mol. The van der Waals surface area contributed by atoms with Crippen molar-refractivity contribution in [1.29, 1.82) is 0 Å². The predicted molar refractivity (Wildman–Crippen MR) is 124 cm³/mol. The van der Waals surface area contributed by atoms with Crippen molar-refractivity contribution < 1.29 is 36.4 Å². The van der Waals surface area contributed by atoms with Crippen LogP contribution in [-0.2, 0) is 13.2 Å². The molecule has 3 aromatic carbocycles. The van der Waals surface area contributed by atoms with E-state index in [4.69, 9.17) is 4.74 Å². The van der Waals surface area contributed by atoms with Gasteiger partial charge < -0.3 is 10.1 Å². The van der Waals surface area contributed by atoms with Crippen LogP contribution in [0.15, 0.2) is 54.7 Å². The number of aryl methyl sites for hydroxylation is 1. The molecule has 0 radical (unpaired) electrons. The summed E-state index contributed by atoms with van der Waals surface area (Å²) in [7, 11) is 0. The van der Waals surface area contributed by atoms with Gasteiger partial charge in [0.1, 0.15) is 12.4 Å². The largest absolute Gasteiger partial charge is 0.489 e. The Labute approximate surface area is 211 Å². The average Bonchev–Trinajstić information content (AvgIpc) is 3.34. The summed E-state index contributed by atoms with van der Waals surface area (Å²) in [6.45, 7) is 0.881. The molecule has 4 aromatic rings. The van der Waals surface area contributed by atoms with Crippen LogP contribution in [0.4, 0.5) is 33.5 Å². The van der Waals surface area contributed by atoms with Crippen LogP contribution in [0.5, 0.6) is 5.75 Å². The van der Waals surface area contributed by atoms with Gasteiger partial charge in [0, 0.05) is 29.5 Å². The van der Waals surface area contributed by atoms with E-state index < -0.39 is 52.0 Å². The third-order valence-corrected chi connectivity index (χ3v) is 5.46. The van der Waals surface area contributed by atoms with Crippen LogP contribution in [0.25, 0.3) is 0 Å². The van der Waals surface area contributed by atoms with Gasteiger partial charge in [-0.2, -0.15) is 5.10 Å². The van der Waals surface area contributed by atoms with Crippen LogP contribution in [0, 0.1) is 46.1 Å². The molecular weight excluding hydrogens is 515 g/mol. The van der Waals surface area contributed by atoms with E-state index in [0.29, 0.717) is 16.9 Å². The Hall–Kier alpha value is -4.81. The number of hydrogen-bond donors (Lipinski definition) is 1. The van der Waals surface area contributed by atoms with E-state index in [9.17, 15) is 36.9 Å². The molecule has 1 aromatic heterocycles. The lowest BCUT2D eigenvalue weighted by molar-refractivity contribution is -0.385. The van der Waals surface area contributed by atoms with Gasteiger partial charge in [-0.3, -0.25) is 19.6 Å². The second-order valence-corrected chi connectivity index (χ2v) is 8.10. The van der Waals surface area contributed by atoms with E-state index in [1.165, 1.54) is 36.5 Å². The van der Waals surface area contributed by atoms with Gasteiger partial charge in [-0.25, -0.2) is 22.0 Å². The van der Waals surface area contributed by atoms with Crippen molar-refractivity contribution in [3.8, 4) is 5.75 Å². The number of carbonyl (C=O) groups is 1. The number of anilines is 1. The number of aromatic nitrogens is 2. The lowest BCUT2D eigenvalue weighted by Crippen LogP contribution is -2.14. The molecule has 0 saturated carbocycles. The summed E-state index contributed by atoms with van der Waals surface area (Å²) in [5.41, 5.74) is 0.162. The molecule has 38 heavy (non-hydrogen) atoms. The quantitative estimate of drug-likeness (QED) is 0.104. The molecule has 0 fully saturated rings. The first-order chi connectivity index (χ1) is 18.0. The maximum absolute atomic E-state index is 13.9. The molecular formula is C25H17F5N4O4. The van der Waals surface area contributed by atoms with Gasteiger partial charge in [0.05, 0.1) is 17.0 Å². The molecule has 0 atom stereocenters. The Morgan fingerprint density at radius 1 is 1.00 bits per heavy atom. The molecule has 0 aliphatic rings. The molecule has 0 aliphatic heterocycles. The van der Waals surface area contributed by atoms with Gasteiger partial charge in [0.15, 0.2) is 29.1 Å². The number of nitro groups is 1. The van der Waals surface area contributed by atoms with Crippen molar-refractivity contribution in [2.45, 2.75) is 20.1 Å². The highest BCUT2D eigenvalue weighted by Gasteiger charge is 2.26. The minimum Gasteiger partial charge on any atom is -0.489 e. The number of amides is 1. The topological polar surface area (TPSA) is 99.3 Å². The molecule has 0 aliphatic carbocycles. The van der Waals surface area contributed by atoms with Crippen molar-refractivity contribution in [2.24, 2.45) is 0 Å². The van der Waals surface area contributed by atoms with E-state index >= 15 is 0 Å². The minimum atomic E-state index is -2.26. The third-order valence-electron chi connectivity index (χ3n) is 5.46. The maximum Gasteiger partial charge on any atom is 0.272 e. The molecule has 1 N–H and O–H groups in total. The molecule has 4 rings (SSSR count). The fourth-order valence-electron chi connectivity index (χ4n) is 3.55. The predicted octanol–water partition coefficient (Wildman–Crippen LogP) is 5.67. The molecule has 1 amide bonds. The number of nitrogens with zero attached hydrogens (tertiary/aromatic N) is 3. The molecule has 0 saturated heterocycles. The third kappa shape index (κ3) is 5.45. The Kier molecular flexibility index (Phi) is 7.37. The molecule has 13 heteroatoms. The molecule has 196 valence electrons. The van der Waals surface area contributed by atoms with Gasteiger partial charge in [0.25, 0.3) is 11.6 Å². The minimum absolute atomic E-state index is 0.0260. The number of nitro benzene ring substituents is 1. The van der Waals surface area contributed by atoms with Crippen LogP contribution in [-0.4, -0.2) is 20.6 Å². The number of hydrogen-bond acceptors (Lipinski definition) is 5. The molecule has 0 unspecified atom stereocenters. The normalized spacial score (nSPS) is 10.9. The SMILES string of the molecule is Cc1cc(OCc2cccc(C(=O)Nc3ccn(Cc4c(F)c(F)c(F)c(F)c4F)n3)c2)ccc1[N+](=O)[O-]. The standard InChI is InChI=1S/C25H17F5N4O4/c1-13-9-16(5-6-18(13)34(36)37)38-12-14-3-2-4-15(10-14)25(35)31-19-7-8-33(32-19)11-17-20(26)22(28)24(30)23(29)21(17)27/h2-10H,11-12H2,1H3,(H,31,32,35).